The molecule has 6 heteroatoms. The fraction of sp³-hybridized carbons (Fsp3) is 0.300. The minimum Gasteiger partial charge on any atom is -0.478 e. The van der Waals surface area contributed by atoms with Crippen molar-refractivity contribution in [3.63, 3.8) is 0 Å². The zero-order valence-electron chi connectivity index (χ0n) is 9.15. The number of carboxylic acid groups (broad SMARTS) is 1. The number of hydrogen-bond donors (Lipinski definition) is 1. The summed E-state index contributed by atoms with van der Waals surface area (Å²) >= 11 is 0. The summed E-state index contributed by atoms with van der Waals surface area (Å²) in [5.74, 6) is -2.32. The van der Waals surface area contributed by atoms with E-state index in [-0.39, 0.29) is 5.56 Å². The summed E-state index contributed by atoms with van der Waals surface area (Å²) in [5, 5.41) is 19.0. The average Bonchev–Trinajstić information content (AvgIpc) is 2.23. The van der Waals surface area contributed by atoms with Gasteiger partial charge in [-0.1, -0.05) is 13.8 Å². The average molecular weight is 229 g/mol. The molecule has 1 aromatic carbocycles. The number of halogens is 1. The van der Waals surface area contributed by atoms with Gasteiger partial charge in [0.2, 0.25) is 0 Å². The summed E-state index contributed by atoms with van der Waals surface area (Å²) in [6.45, 7) is 5.26. The van der Waals surface area contributed by atoms with Gasteiger partial charge < -0.3 is 5.11 Å². The van der Waals surface area contributed by atoms with Gasteiger partial charge in [-0.3, -0.25) is 10.1 Å². The number of carbonyl (C=O) groups is 1. The summed E-state index contributed by atoms with van der Waals surface area (Å²) in [6, 6.07) is 1.45. The van der Waals surface area contributed by atoms with E-state index in [9.17, 15) is 19.3 Å². The fourth-order valence-corrected chi connectivity index (χ4v) is 1.08. The Bertz CT molecular complexity index is 382. The first-order valence-electron chi connectivity index (χ1n) is 4.61. The highest BCUT2D eigenvalue weighted by molar-refractivity contribution is 5.90. The van der Waals surface area contributed by atoms with Crippen LogP contribution in [0.4, 0.5) is 10.1 Å². The van der Waals surface area contributed by atoms with E-state index in [4.69, 9.17) is 5.11 Å². The fourth-order valence-electron chi connectivity index (χ4n) is 1.08. The largest absolute Gasteiger partial charge is 0.478 e. The first kappa shape index (κ1) is 14.0. The van der Waals surface area contributed by atoms with Crippen molar-refractivity contribution >= 4 is 11.7 Å². The molecule has 0 amide bonds. The van der Waals surface area contributed by atoms with E-state index in [0.717, 1.165) is 6.07 Å². The Hall–Kier alpha value is -1.98. The second-order valence-corrected chi connectivity index (χ2v) is 2.66. The molecule has 0 aliphatic heterocycles. The quantitative estimate of drug-likeness (QED) is 0.624. The molecule has 0 aliphatic carbocycles. The van der Waals surface area contributed by atoms with E-state index in [1.54, 1.807) is 0 Å². The third-order valence-corrected chi connectivity index (χ3v) is 1.77. The number of hydrogen-bond acceptors (Lipinski definition) is 3. The maximum atomic E-state index is 12.8. The second kappa shape index (κ2) is 5.79. The lowest BCUT2D eigenvalue weighted by atomic mass is 10.1. The van der Waals surface area contributed by atoms with Crippen molar-refractivity contribution in [2.24, 2.45) is 0 Å². The molecular weight excluding hydrogens is 217 g/mol. The number of benzene rings is 1. The second-order valence-electron chi connectivity index (χ2n) is 2.66. The maximum Gasteiger partial charge on any atom is 0.336 e. The molecule has 0 saturated carbocycles. The Morgan fingerprint density at radius 1 is 1.44 bits per heavy atom. The predicted octanol–water partition coefficient (Wildman–Crippen LogP) is 2.77. The highest BCUT2D eigenvalue weighted by Gasteiger charge is 2.19. The van der Waals surface area contributed by atoms with Crippen LogP contribution in [0, 0.1) is 22.9 Å². The van der Waals surface area contributed by atoms with Crippen molar-refractivity contribution in [2.45, 2.75) is 20.8 Å². The predicted molar refractivity (Wildman–Crippen MR) is 56.1 cm³/mol. The summed E-state index contributed by atoms with van der Waals surface area (Å²) in [5.41, 5.74) is -0.969. The van der Waals surface area contributed by atoms with Gasteiger partial charge in [-0.05, 0) is 13.0 Å². The van der Waals surface area contributed by atoms with Gasteiger partial charge in [-0.25, -0.2) is 9.18 Å². The molecule has 0 heterocycles. The smallest absolute Gasteiger partial charge is 0.336 e. The van der Waals surface area contributed by atoms with Crippen molar-refractivity contribution in [1.82, 2.24) is 0 Å². The van der Waals surface area contributed by atoms with Crippen LogP contribution >= 0.6 is 0 Å². The molecule has 0 spiro atoms. The molecule has 16 heavy (non-hydrogen) atoms. The van der Waals surface area contributed by atoms with Gasteiger partial charge in [0.1, 0.15) is 5.82 Å². The Kier molecular flexibility index (Phi) is 5.08. The first-order chi connectivity index (χ1) is 7.43. The summed E-state index contributed by atoms with van der Waals surface area (Å²) in [6.07, 6.45) is 0. The van der Waals surface area contributed by atoms with Crippen LogP contribution in [-0.4, -0.2) is 16.0 Å². The van der Waals surface area contributed by atoms with E-state index in [1.165, 1.54) is 6.92 Å². The number of rotatable bonds is 2. The molecule has 1 aromatic rings. The molecule has 0 aromatic heterocycles. The topological polar surface area (TPSA) is 80.4 Å². The molecule has 0 radical (unpaired) electrons. The van der Waals surface area contributed by atoms with Crippen LogP contribution in [0.2, 0.25) is 0 Å². The van der Waals surface area contributed by atoms with E-state index in [1.807, 2.05) is 13.8 Å². The van der Waals surface area contributed by atoms with Gasteiger partial charge in [-0.2, -0.15) is 0 Å². The molecule has 0 fully saturated rings. The van der Waals surface area contributed by atoms with Crippen LogP contribution in [0.25, 0.3) is 0 Å². The van der Waals surface area contributed by atoms with E-state index in [0.29, 0.717) is 6.07 Å². The van der Waals surface area contributed by atoms with Crippen molar-refractivity contribution < 1.29 is 19.2 Å². The number of nitro benzene ring substituents is 1. The summed E-state index contributed by atoms with van der Waals surface area (Å²) < 4.78 is 12.8. The summed E-state index contributed by atoms with van der Waals surface area (Å²) in [7, 11) is 0. The highest BCUT2D eigenvalue weighted by Crippen LogP contribution is 2.22. The Morgan fingerprint density at radius 3 is 2.31 bits per heavy atom. The maximum absolute atomic E-state index is 12.8. The number of carboxylic acids is 1. The van der Waals surface area contributed by atoms with Crippen LogP contribution in [0.5, 0.6) is 0 Å². The van der Waals surface area contributed by atoms with Gasteiger partial charge in [0, 0.05) is 5.56 Å². The molecule has 1 rings (SSSR count). The van der Waals surface area contributed by atoms with Gasteiger partial charge in [0.15, 0.2) is 0 Å². The first-order valence-corrected chi connectivity index (χ1v) is 4.61. The summed E-state index contributed by atoms with van der Waals surface area (Å²) in [4.78, 5) is 20.1. The molecule has 0 saturated heterocycles. The lowest BCUT2D eigenvalue weighted by Crippen LogP contribution is -2.04. The molecule has 0 aliphatic rings. The Labute approximate surface area is 91.7 Å². The van der Waals surface area contributed by atoms with E-state index in [2.05, 4.69) is 0 Å². The van der Waals surface area contributed by atoms with Crippen molar-refractivity contribution in [2.75, 3.05) is 0 Å². The van der Waals surface area contributed by atoms with Gasteiger partial charge in [-0.15, -0.1) is 0 Å². The third-order valence-electron chi connectivity index (χ3n) is 1.77. The zero-order valence-corrected chi connectivity index (χ0v) is 9.15. The van der Waals surface area contributed by atoms with Crippen molar-refractivity contribution in [1.29, 1.82) is 0 Å². The Balaban J connectivity index is 0.00000106. The molecular formula is C10H12FNO4. The minimum atomic E-state index is -1.38. The standard InChI is InChI=1S/C8H6FNO4.C2H6/c1-4-6(8(11)12)2-5(9)3-7(4)10(13)14;1-2/h2-3H,1H3,(H,11,12);1-2H3. The molecule has 5 nitrogen and oxygen atoms in total. The minimum absolute atomic E-state index is 0.0519. The lowest BCUT2D eigenvalue weighted by Gasteiger charge is -2.01. The van der Waals surface area contributed by atoms with E-state index < -0.39 is 28.0 Å². The third kappa shape index (κ3) is 3.01. The number of nitrogens with zero attached hydrogens (tertiary/aromatic N) is 1. The lowest BCUT2D eigenvalue weighted by molar-refractivity contribution is -0.385. The van der Waals surface area contributed by atoms with Gasteiger partial charge in [0.05, 0.1) is 16.6 Å². The van der Waals surface area contributed by atoms with E-state index >= 15 is 0 Å². The number of nitro groups is 1. The van der Waals surface area contributed by atoms with Crippen LogP contribution in [-0.2, 0) is 0 Å². The van der Waals surface area contributed by atoms with Crippen molar-refractivity contribution in [3.05, 3.63) is 39.2 Å². The Morgan fingerprint density at radius 2 is 1.94 bits per heavy atom. The highest BCUT2D eigenvalue weighted by atomic mass is 19.1. The van der Waals surface area contributed by atoms with Crippen LogP contribution < -0.4 is 0 Å². The molecule has 0 bridgehead atoms. The molecule has 1 N–H and O–H groups in total. The SMILES string of the molecule is CC.Cc1c(C(=O)O)cc(F)cc1[N+](=O)[O-]. The van der Waals surface area contributed by atoms with Crippen LogP contribution in [0.15, 0.2) is 12.1 Å². The van der Waals surface area contributed by atoms with Crippen molar-refractivity contribution in [3.8, 4) is 0 Å². The zero-order chi connectivity index (χ0) is 12.9. The van der Waals surface area contributed by atoms with Gasteiger partial charge in [0.25, 0.3) is 5.69 Å². The normalized spacial score (nSPS) is 9.00. The van der Waals surface area contributed by atoms with Gasteiger partial charge >= 0.3 is 5.97 Å². The molecule has 88 valence electrons. The number of aromatic carboxylic acids is 1. The van der Waals surface area contributed by atoms with Crippen LogP contribution in [0.1, 0.15) is 29.8 Å². The molecule has 0 unspecified atom stereocenters. The monoisotopic (exact) mass is 229 g/mol. The molecule has 0 atom stereocenters. The van der Waals surface area contributed by atoms with Crippen LogP contribution in [0.3, 0.4) is 0 Å².